The molecule has 1 heterocycles. The zero-order chi connectivity index (χ0) is 12.3. The Morgan fingerprint density at radius 3 is 2.94 bits per heavy atom. The SMILES string of the molecule is Cl.N#Cc1cc(Br)ccc1OC1CCNC[C@@H]1F. The third-order valence-electron chi connectivity index (χ3n) is 2.69. The highest BCUT2D eigenvalue weighted by atomic mass is 79.9. The molecule has 98 valence electrons. The van der Waals surface area contributed by atoms with Crippen molar-refractivity contribution in [3.8, 4) is 11.8 Å². The van der Waals surface area contributed by atoms with Gasteiger partial charge in [-0.15, -0.1) is 12.4 Å². The average Bonchev–Trinajstić information content (AvgIpc) is 2.34. The van der Waals surface area contributed by atoms with Crippen molar-refractivity contribution in [2.75, 3.05) is 13.1 Å². The summed E-state index contributed by atoms with van der Waals surface area (Å²) in [5.74, 6) is 0.449. The molecular weight excluding hydrogens is 322 g/mol. The largest absolute Gasteiger partial charge is 0.486 e. The Labute approximate surface area is 120 Å². The van der Waals surface area contributed by atoms with Crippen molar-refractivity contribution in [1.82, 2.24) is 5.32 Å². The summed E-state index contributed by atoms with van der Waals surface area (Å²) < 4.78 is 20.0. The van der Waals surface area contributed by atoms with E-state index < -0.39 is 12.3 Å². The number of nitrogens with one attached hydrogen (secondary N) is 1. The quantitative estimate of drug-likeness (QED) is 0.904. The van der Waals surface area contributed by atoms with Crippen LogP contribution in [0.5, 0.6) is 5.75 Å². The van der Waals surface area contributed by atoms with Gasteiger partial charge in [-0.3, -0.25) is 0 Å². The van der Waals surface area contributed by atoms with Gasteiger partial charge in [0.15, 0.2) is 0 Å². The highest BCUT2D eigenvalue weighted by Gasteiger charge is 2.26. The van der Waals surface area contributed by atoms with E-state index in [1.165, 1.54) is 0 Å². The summed E-state index contributed by atoms with van der Waals surface area (Å²) in [5.41, 5.74) is 0.421. The Morgan fingerprint density at radius 1 is 1.50 bits per heavy atom. The molecular formula is C12H13BrClFN2O. The zero-order valence-electron chi connectivity index (χ0n) is 9.53. The highest BCUT2D eigenvalue weighted by molar-refractivity contribution is 9.10. The van der Waals surface area contributed by atoms with Gasteiger partial charge < -0.3 is 10.1 Å². The van der Waals surface area contributed by atoms with Gasteiger partial charge in [-0.2, -0.15) is 5.26 Å². The Balaban J connectivity index is 0.00000162. The predicted octanol–water partition coefficient (Wildman–Crippen LogP) is 2.82. The van der Waals surface area contributed by atoms with Crippen molar-refractivity contribution < 1.29 is 9.13 Å². The predicted molar refractivity (Wildman–Crippen MR) is 72.9 cm³/mol. The number of ether oxygens (including phenoxy) is 1. The number of nitriles is 1. The van der Waals surface area contributed by atoms with Gasteiger partial charge in [-0.05, 0) is 31.2 Å². The van der Waals surface area contributed by atoms with E-state index in [0.717, 1.165) is 11.0 Å². The van der Waals surface area contributed by atoms with Crippen LogP contribution in [0, 0.1) is 11.3 Å². The zero-order valence-corrected chi connectivity index (χ0v) is 11.9. The molecule has 0 spiro atoms. The average molecular weight is 336 g/mol. The second-order valence-corrected chi connectivity index (χ2v) is 4.83. The number of rotatable bonds is 2. The van der Waals surface area contributed by atoms with E-state index in [-0.39, 0.29) is 12.4 Å². The van der Waals surface area contributed by atoms with Crippen molar-refractivity contribution in [1.29, 1.82) is 5.26 Å². The smallest absolute Gasteiger partial charge is 0.149 e. The fourth-order valence-corrected chi connectivity index (χ4v) is 2.15. The summed E-state index contributed by atoms with van der Waals surface area (Å²) in [7, 11) is 0. The lowest BCUT2D eigenvalue weighted by molar-refractivity contribution is 0.0729. The van der Waals surface area contributed by atoms with Crippen LogP contribution in [-0.4, -0.2) is 25.4 Å². The molecule has 6 heteroatoms. The molecule has 0 bridgehead atoms. The molecule has 0 radical (unpaired) electrons. The number of nitrogens with zero attached hydrogens (tertiary/aromatic N) is 1. The first-order valence-electron chi connectivity index (χ1n) is 5.42. The number of piperidine rings is 1. The maximum Gasteiger partial charge on any atom is 0.149 e. The third kappa shape index (κ3) is 3.58. The van der Waals surface area contributed by atoms with Gasteiger partial charge in [0.2, 0.25) is 0 Å². The van der Waals surface area contributed by atoms with Crippen molar-refractivity contribution in [3.63, 3.8) is 0 Å². The van der Waals surface area contributed by atoms with Crippen LogP contribution in [0.2, 0.25) is 0 Å². The Kier molecular flexibility index (Phi) is 5.86. The van der Waals surface area contributed by atoms with Crippen LogP contribution in [0.3, 0.4) is 0 Å². The first kappa shape index (κ1) is 15.2. The van der Waals surface area contributed by atoms with Gasteiger partial charge in [-0.25, -0.2) is 4.39 Å². The van der Waals surface area contributed by atoms with E-state index in [1.807, 2.05) is 6.07 Å². The molecule has 0 amide bonds. The third-order valence-corrected chi connectivity index (χ3v) is 3.18. The monoisotopic (exact) mass is 334 g/mol. The van der Waals surface area contributed by atoms with Gasteiger partial charge in [0.25, 0.3) is 0 Å². The lowest BCUT2D eigenvalue weighted by atomic mass is 10.1. The number of hydrogen-bond acceptors (Lipinski definition) is 3. The molecule has 1 aromatic carbocycles. The van der Waals surface area contributed by atoms with Crippen molar-refractivity contribution in [2.24, 2.45) is 0 Å². The Bertz CT molecular complexity index is 452. The second-order valence-electron chi connectivity index (χ2n) is 3.92. The highest BCUT2D eigenvalue weighted by Crippen LogP contribution is 2.25. The van der Waals surface area contributed by atoms with Crippen molar-refractivity contribution in [2.45, 2.75) is 18.7 Å². The summed E-state index contributed by atoms with van der Waals surface area (Å²) in [6.07, 6.45) is -0.884. The van der Waals surface area contributed by atoms with Gasteiger partial charge in [0, 0.05) is 11.0 Å². The molecule has 0 aliphatic carbocycles. The molecule has 1 fully saturated rings. The summed E-state index contributed by atoms with van der Waals surface area (Å²) in [6.45, 7) is 1.05. The first-order valence-corrected chi connectivity index (χ1v) is 6.21. The fraction of sp³-hybridized carbons (Fsp3) is 0.417. The molecule has 1 N–H and O–H groups in total. The molecule has 1 aliphatic rings. The molecule has 1 aliphatic heterocycles. The van der Waals surface area contributed by atoms with Gasteiger partial charge in [0.1, 0.15) is 24.1 Å². The molecule has 0 aromatic heterocycles. The van der Waals surface area contributed by atoms with Gasteiger partial charge in [-0.1, -0.05) is 15.9 Å². The number of halogens is 3. The summed E-state index contributed by atoms with van der Waals surface area (Å²) in [4.78, 5) is 0. The van der Waals surface area contributed by atoms with E-state index in [4.69, 9.17) is 10.00 Å². The van der Waals surface area contributed by atoms with Crippen LogP contribution < -0.4 is 10.1 Å². The van der Waals surface area contributed by atoms with Crippen LogP contribution in [-0.2, 0) is 0 Å². The number of hydrogen-bond donors (Lipinski definition) is 1. The minimum absolute atomic E-state index is 0. The molecule has 2 atom stereocenters. The van der Waals surface area contributed by atoms with Crippen LogP contribution in [0.4, 0.5) is 4.39 Å². The number of benzene rings is 1. The van der Waals surface area contributed by atoms with Crippen LogP contribution in [0.1, 0.15) is 12.0 Å². The summed E-state index contributed by atoms with van der Waals surface area (Å²) in [5, 5.41) is 11.9. The summed E-state index contributed by atoms with van der Waals surface area (Å²) in [6, 6.07) is 7.19. The minimum atomic E-state index is -1.03. The maximum absolute atomic E-state index is 13.6. The van der Waals surface area contributed by atoms with Crippen LogP contribution in [0.15, 0.2) is 22.7 Å². The minimum Gasteiger partial charge on any atom is -0.486 e. The first-order chi connectivity index (χ1) is 8.20. The molecule has 2 rings (SSSR count). The van der Waals surface area contributed by atoms with Crippen LogP contribution in [0.25, 0.3) is 0 Å². The lowest BCUT2D eigenvalue weighted by Crippen LogP contribution is -2.44. The standard InChI is InChI=1S/C12H12BrFN2O.ClH/c13-9-1-2-11(8(5-9)6-15)17-12-3-4-16-7-10(12)14;/h1-2,5,10,12,16H,3-4,7H2;1H/t10-,12?;/m0./s1. The number of alkyl halides is 1. The normalized spacial score (nSPS) is 22.7. The molecule has 1 unspecified atom stereocenters. The topological polar surface area (TPSA) is 45.0 Å². The van der Waals surface area contributed by atoms with E-state index in [9.17, 15) is 4.39 Å². The molecule has 0 saturated carbocycles. The van der Waals surface area contributed by atoms with E-state index in [0.29, 0.717) is 24.3 Å². The molecule has 1 aromatic rings. The van der Waals surface area contributed by atoms with E-state index >= 15 is 0 Å². The van der Waals surface area contributed by atoms with Gasteiger partial charge in [0.05, 0.1) is 5.56 Å². The molecule has 3 nitrogen and oxygen atoms in total. The van der Waals surface area contributed by atoms with E-state index in [1.54, 1.807) is 18.2 Å². The lowest BCUT2D eigenvalue weighted by Gasteiger charge is -2.27. The molecule has 1 saturated heterocycles. The van der Waals surface area contributed by atoms with E-state index in [2.05, 4.69) is 21.2 Å². The van der Waals surface area contributed by atoms with Gasteiger partial charge >= 0.3 is 0 Å². The van der Waals surface area contributed by atoms with Crippen molar-refractivity contribution >= 4 is 28.3 Å². The van der Waals surface area contributed by atoms with Crippen molar-refractivity contribution in [3.05, 3.63) is 28.2 Å². The molecule has 18 heavy (non-hydrogen) atoms. The Hall–Kier alpha value is -0.830. The second kappa shape index (κ2) is 6.93. The Morgan fingerprint density at radius 2 is 2.28 bits per heavy atom. The summed E-state index contributed by atoms with van der Waals surface area (Å²) >= 11 is 3.28. The maximum atomic E-state index is 13.6. The fourth-order valence-electron chi connectivity index (χ4n) is 1.78. The van der Waals surface area contributed by atoms with Crippen LogP contribution >= 0.6 is 28.3 Å².